The Morgan fingerprint density at radius 1 is 1.08 bits per heavy atom. The minimum absolute atomic E-state index is 0.252. The first-order valence-electron chi connectivity index (χ1n) is 8.28. The van der Waals surface area contributed by atoms with Gasteiger partial charge in [-0.2, -0.15) is 0 Å². The molecule has 1 aliphatic rings. The van der Waals surface area contributed by atoms with E-state index >= 15 is 0 Å². The minimum atomic E-state index is -0.252. The predicted molar refractivity (Wildman–Crippen MR) is 90.8 cm³/mol. The van der Waals surface area contributed by atoms with Gasteiger partial charge in [-0.15, -0.1) is 0 Å². The van der Waals surface area contributed by atoms with Crippen molar-refractivity contribution in [3.63, 3.8) is 0 Å². The summed E-state index contributed by atoms with van der Waals surface area (Å²) in [5, 5.41) is 2.84. The number of hydrogen-bond donors (Lipinski definition) is 1. The van der Waals surface area contributed by atoms with Crippen molar-refractivity contribution >= 4 is 11.9 Å². The molecule has 2 aromatic rings. The summed E-state index contributed by atoms with van der Waals surface area (Å²) < 4.78 is 0. The van der Waals surface area contributed by atoms with Crippen LogP contribution in [0.5, 0.6) is 0 Å². The van der Waals surface area contributed by atoms with Crippen LogP contribution >= 0.6 is 0 Å². The molecule has 2 aromatic heterocycles. The van der Waals surface area contributed by atoms with Crippen LogP contribution in [0.25, 0.3) is 0 Å². The summed E-state index contributed by atoms with van der Waals surface area (Å²) in [5.41, 5.74) is 2.80. The third-order valence-electron chi connectivity index (χ3n) is 3.98. The molecule has 3 rings (SSSR count). The zero-order valence-electron chi connectivity index (χ0n) is 14.1. The van der Waals surface area contributed by atoms with E-state index in [0.29, 0.717) is 12.2 Å². The van der Waals surface area contributed by atoms with Crippen LogP contribution in [0, 0.1) is 13.8 Å². The second-order valence-electron chi connectivity index (χ2n) is 6.07. The van der Waals surface area contributed by atoms with E-state index in [4.69, 9.17) is 0 Å². The lowest BCUT2D eigenvalue weighted by molar-refractivity contribution is 0.0945. The summed E-state index contributed by atoms with van der Waals surface area (Å²) in [6.45, 7) is 6.12. The number of aromatic nitrogens is 4. The number of rotatable bonds is 4. The Morgan fingerprint density at radius 3 is 2.58 bits per heavy atom. The molecule has 126 valence electrons. The molecule has 24 heavy (non-hydrogen) atoms. The lowest BCUT2D eigenvalue weighted by Gasteiger charge is -2.27. The number of carbonyl (C=O) groups excluding carboxylic acids is 1. The highest BCUT2D eigenvalue weighted by Crippen LogP contribution is 2.16. The average Bonchev–Trinajstić information content (AvgIpc) is 2.60. The summed E-state index contributed by atoms with van der Waals surface area (Å²) in [4.78, 5) is 31.7. The number of piperidine rings is 1. The van der Waals surface area contributed by atoms with Gasteiger partial charge in [-0.3, -0.25) is 9.78 Å². The van der Waals surface area contributed by atoms with Crippen LogP contribution in [0.2, 0.25) is 0 Å². The first-order chi connectivity index (χ1) is 11.6. The fraction of sp³-hybridized carbons (Fsp3) is 0.471. The Bertz CT molecular complexity index is 710. The Morgan fingerprint density at radius 2 is 1.88 bits per heavy atom. The summed E-state index contributed by atoms with van der Waals surface area (Å²) in [6.07, 6.45) is 6.68. The third-order valence-corrected chi connectivity index (χ3v) is 3.98. The monoisotopic (exact) mass is 326 g/mol. The second kappa shape index (κ2) is 7.33. The first kappa shape index (κ1) is 16.3. The Hall–Kier alpha value is -2.57. The normalized spacial score (nSPS) is 14.5. The largest absolute Gasteiger partial charge is 0.345 e. The molecule has 0 bridgehead atoms. The van der Waals surface area contributed by atoms with Crippen LogP contribution in [0.4, 0.5) is 5.95 Å². The number of anilines is 1. The van der Waals surface area contributed by atoms with Crippen molar-refractivity contribution in [1.29, 1.82) is 0 Å². The van der Waals surface area contributed by atoms with Gasteiger partial charge in [-0.05, 0) is 39.2 Å². The van der Waals surface area contributed by atoms with E-state index < -0.39 is 0 Å². The molecule has 1 saturated heterocycles. The van der Waals surface area contributed by atoms with Crippen LogP contribution in [0.15, 0.2) is 18.5 Å². The molecular formula is C17H22N6O. The molecule has 1 amide bonds. The van der Waals surface area contributed by atoms with Gasteiger partial charge in [-0.25, -0.2) is 15.0 Å². The highest BCUT2D eigenvalue weighted by Gasteiger charge is 2.15. The molecule has 0 atom stereocenters. The van der Waals surface area contributed by atoms with Crippen molar-refractivity contribution < 1.29 is 4.79 Å². The van der Waals surface area contributed by atoms with Crippen molar-refractivity contribution in [2.24, 2.45) is 0 Å². The average molecular weight is 326 g/mol. The first-order valence-corrected chi connectivity index (χ1v) is 8.28. The van der Waals surface area contributed by atoms with Gasteiger partial charge >= 0.3 is 0 Å². The molecule has 1 N–H and O–H groups in total. The zero-order chi connectivity index (χ0) is 16.9. The maximum atomic E-state index is 12.1. The van der Waals surface area contributed by atoms with E-state index in [1.165, 1.54) is 25.5 Å². The van der Waals surface area contributed by atoms with E-state index in [9.17, 15) is 4.79 Å². The van der Waals surface area contributed by atoms with Gasteiger partial charge in [0, 0.05) is 25.0 Å². The van der Waals surface area contributed by atoms with Crippen LogP contribution < -0.4 is 10.2 Å². The van der Waals surface area contributed by atoms with Crippen molar-refractivity contribution in [3.8, 4) is 0 Å². The van der Waals surface area contributed by atoms with Gasteiger partial charge in [0.15, 0.2) is 0 Å². The van der Waals surface area contributed by atoms with Crippen molar-refractivity contribution in [2.75, 3.05) is 18.0 Å². The smallest absolute Gasteiger partial charge is 0.271 e. The summed E-state index contributed by atoms with van der Waals surface area (Å²) in [5.74, 6) is 0.507. The molecule has 0 unspecified atom stereocenters. The molecule has 7 nitrogen and oxygen atoms in total. The Balaban J connectivity index is 1.67. The molecule has 0 aromatic carbocycles. The Labute approximate surface area is 141 Å². The van der Waals surface area contributed by atoms with Gasteiger partial charge in [0.2, 0.25) is 5.95 Å². The van der Waals surface area contributed by atoms with Gasteiger partial charge < -0.3 is 10.2 Å². The Kier molecular flexibility index (Phi) is 4.98. The third kappa shape index (κ3) is 4.04. The summed E-state index contributed by atoms with van der Waals surface area (Å²) in [7, 11) is 0. The molecule has 7 heteroatoms. The van der Waals surface area contributed by atoms with Gasteiger partial charge in [0.25, 0.3) is 5.91 Å². The predicted octanol–water partition coefficient (Wildman–Crippen LogP) is 1.80. The molecular weight excluding hydrogens is 304 g/mol. The second-order valence-corrected chi connectivity index (χ2v) is 6.07. The van der Waals surface area contributed by atoms with E-state index in [1.54, 1.807) is 6.20 Å². The van der Waals surface area contributed by atoms with Crippen molar-refractivity contribution in [2.45, 2.75) is 39.7 Å². The van der Waals surface area contributed by atoms with Gasteiger partial charge in [0.05, 0.1) is 24.1 Å². The van der Waals surface area contributed by atoms with E-state index in [2.05, 4.69) is 30.2 Å². The van der Waals surface area contributed by atoms with E-state index in [0.717, 1.165) is 36.1 Å². The molecule has 0 aliphatic carbocycles. The summed E-state index contributed by atoms with van der Waals surface area (Å²) in [6, 6.07) is 1.90. The topological polar surface area (TPSA) is 83.9 Å². The summed E-state index contributed by atoms with van der Waals surface area (Å²) >= 11 is 0. The van der Waals surface area contributed by atoms with Crippen LogP contribution in [0.1, 0.15) is 46.8 Å². The number of aryl methyl sites for hydroxylation is 2. The zero-order valence-corrected chi connectivity index (χ0v) is 14.1. The number of hydrogen-bond acceptors (Lipinski definition) is 6. The van der Waals surface area contributed by atoms with Crippen molar-refractivity contribution in [3.05, 3.63) is 41.2 Å². The van der Waals surface area contributed by atoms with Gasteiger partial charge in [-0.1, -0.05) is 0 Å². The van der Waals surface area contributed by atoms with Gasteiger partial charge in [0.1, 0.15) is 5.69 Å². The highest BCUT2D eigenvalue weighted by molar-refractivity contribution is 5.91. The van der Waals surface area contributed by atoms with Crippen LogP contribution in [0.3, 0.4) is 0 Å². The van der Waals surface area contributed by atoms with E-state index in [-0.39, 0.29) is 5.91 Å². The number of nitrogens with zero attached hydrogens (tertiary/aromatic N) is 5. The molecule has 1 aliphatic heterocycles. The van der Waals surface area contributed by atoms with Crippen molar-refractivity contribution in [1.82, 2.24) is 25.3 Å². The minimum Gasteiger partial charge on any atom is -0.345 e. The SMILES string of the molecule is Cc1cnc(C(=O)NCc2cc(C)nc(N3CCCCC3)n2)cn1. The highest BCUT2D eigenvalue weighted by atomic mass is 16.1. The lowest BCUT2D eigenvalue weighted by atomic mass is 10.1. The standard InChI is InChI=1S/C17H22N6O/c1-12-8-14(22-17(21-12)23-6-4-3-5-7-23)10-20-16(24)15-11-18-13(2)9-19-15/h8-9,11H,3-7,10H2,1-2H3,(H,20,24). The van der Waals surface area contributed by atoms with E-state index in [1.807, 2.05) is 19.9 Å². The fourth-order valence-corrected chi connectivity index (χ4v) is 2.71. The van der Waals surface area contributed by atoms with Crippen LogP contribution in [-0.4, -0.2) is 38.9 Å². The molecule has 0 saturated carbocycles. The molecule has 0 spiro atoms. The number of carbonyl (C=O) groups is 1. The maximum Gasteiger partial charge on any atom is 0.271 e. The number of nitrogens with one attached hydrogen (secondary N) is 1. The molecule has 3 heterocycles. The number of amides is 1. The maximum absolute atomic E-state index is 12.1. The fourth-order valence-electron chi connectivity index (χ4n) is 2.71. The quantitative estimate of drug-likeness (QED) is 0.922. The lowest BCUT2D eigenvalue weighted by Crippen LogP contribution is -2.32. The molecule has 0 radical (unpaired) electrons. The van der Waals surface area contributed by atoms with Crippen LogP contribution in [-0.2, 0) is 6.54 Å². The molecule has 1 fully saturated rings.